The van der Waals surface area contributed by atoms with Crippen molar-refractivity contribution in [2.75, 3.05) is 19.6 Å². The molecule has 1 aliphatic rings. The fraction of sp³-hybridized carbons (Fsp3) is 0.455. The van der Waals surface area contributed by atoms with E-state index in [1.165, 1.54) is 0 Å². The van der Waals surface area contributed by atoms with Crippen molar-refractivity contribution in [3.8, 4) is 0 Å². The van der Waals surface area contributed by atoms with Crippen LogP contribution in [0.4, 0.5) is 0 Å². The number of nitrogens with zero attached hydrogens (tertiary/aromatic N) is 2. The van der Waals surface area contributed by atoms with Gasteiger partial charge in [-0.1, -0.05) is 6.07 Å². The summed E-state index contributed by atoms with van der Waals surface area (Å²) < 4.78 is 0. The zero-order valence-electron chi connectivity index (χ0n) is 8.65. The van der Waals surface area contributed by atoms with Gasteiger partial charge in [-0.2, -0.15) is 0 Å². The highest BCUT2D eigenvalue weighted by molar-refractivity contribution is 5.78. The van der Waals surface area contributed by atoms with E-state index in [1.807, 2.05) is 23.1 Å². The molecule has 0 atom stereocenters. The highest BCUT2D eigenvalue weighted by Crippen LogP contribution is 2.04. The molecule has 1 fully saturated rings. The number of carbonyl (C=O) groups excluding carboxylic acids is 1. The first kappa shape index (κ1) is 10.1. The number of aromatic nitrogens is 1. The minimum atomic E-state index is 0.165. The van der Waals surface area contributed by atoms with E-state index >= 15 is 0 Å². The summed E-state index contributed by atoms with van der Waals surface area (Å²) >= 11 is 0. The van der Waals surface area contributed by atoms with Crippen molar-refractivity contribution >= 4 is 5.91 Å². The Morgan fingerprint density at radius 3 is 3.20 bits per heavy atom. The third kappa shape index (κ3) is 2.76. The largest absolute Gasteiger partial charge is 0.336 e. The van der Waals surface area contributed by atoms with Crippen LogP contribution >= 0.6 is 0 Å². The maximum absolute atomic E-state index is 11.7. The Kier molecular flexibility index (Phi) is 3.29. The van der Waals surface area contributed by atoms with E-state index in [2.05, 4.69) is 10.3 Å². The molecule has 80 valence electrons. The summed E-state index contributed by atoms with van der Waals surface area (Å²) in [5.74, 6) is 0.165. The van der Waals surface area contributed by atoms with Crippen LogP contribution in [-0.4, -0.2) is 35.4 Å². The van der Waals surface area contributed by atoms with E-state index in [4.69, 9.17) is 0 Å². The number of amides is 1. The van der Waals surface area contributed by atoms with Gasteiger partial charge >= 0.3 is 0 Å². The van der Waals surface area contributed by atoms with E-state index in [0.29, 0.717) is 13.1 Å². The maximum Gasteiger partial charge on any atom is 0.236 e. The molecule has 0 aromatic carbocycles. The van der Waals surface area contributed by atoms with Crippen molar-refractivity contribution in [1.29, 1.82) is 0 Å². The van der Waals surface area contributed by atoms with Crippen LogP contribution in [0.5, 0.6) is 0 Å². The van der Waals surface area contributed by atoms with Gasteiger partial charge in [-0.15, -0.1) is 0 Å². The summed E-state index contributed by atoms with van der Waals surface area (Å²) in [7, 11) is 0. The molecule has 1 amide bonds. The summed E-state index contributed by atoms with van der Waals surface area (Å²) in [6, 6.07) is 5.78. The second kappa shape index (κ2) is 4.89. The topological polar surface area (TPSA) is 45.2 Å². The van der Waals surface area contributed by atoms with Gasteiger partial charge in [0.15, 0.2) is 0 Å². The SMILES string of the molecule is O=C1CNCCCN1Cc1ccccn1. The smallest absolute Gasteiger partial charge is 0.236 e. The second-order valence-corrected chi connectivity index (χ2v) is 3.67. The highest BCUT2D eigenvalue weighted by Gasteiger charge is 2.16. The van der Waals surface area contributed by atoms with Gasteiger partial charge in [0.05, 0.1) is 18.8 Å². The average Bonchev–Trinajstić information content (AvgIpc) is 2.46. The molecule has 1 aromatic heterocycles. The molecular formula is C11H15N3O. The molecule has 4 nitrogen and oxygen atoms in total. The summed E-state index contributed by atoms with van der Waals surface area (Å²) in [5.41, 5.74) is 0.952. The summed E-state index contributed by atoms with van der Waals surface area (Å²) in [4.78, 5) is 17.7. The van der Waals surface area contributed by atoms with Gasteiger partial charge in [-0.05, 0) is 25.1 Å². The first-order valence-electron chi connectivity index (χ1n) is 5.24. The van der Waals surface area contributed by atoms with Gasteiger partial charge in [-0.25, -0.2) is 0 Å². The molecule has 0 spiro atoms. The van der Waals surface area contributed by atoms with Crippen molar-refractivity contribution in [2.45, 2.75) is 13.0 Å². The van der Waals surface area contributed by atoms with Gasteiger partial charge in [-0.3, -0.25) is 9.78 Å². The average molecular weight is 205 g/mol. The van der Waals surface area contributed by atoms with Crippen LogP contribution in [0.25, 0.3) is 0 Å². The molecule has 15 heavy (non-hydrogen) atoms. The Bertz CT molecular complexity index is 326. The van der Waals surface area contributed by atoms with Crippen molar-refractivity contribution in [3.63, 3.8) is 0 Å². The van der Waals surface area contributed by atoms with Gasteiger partial charge in [0, 0.05) is 12.7 Å². The monoisotopic (exact) mass is 205 g/mol. The quantitative estimate of drug-likeness (QED) is 0.760. The van der Waals surface area contributed by atoms with Crippen molar-refractivity contribution in [1.82, 2.24) is 15.2 Å². The molecular weight excluding hydrogens is 190 g/mol. The first-order chi connectivity index (χ1) is 7.36. The number of carbonyl (C=O) groups is 1. The van der Waals surface area contributed by atoms with E-state index in [0.717, 1.165) is 25.2 Å². The third-order valence-corrected chi connectivity index (χ3v) is 2.49. The standard InChI is InChI=1S/C11H15N3O/c15-11-8-12-5-3-7-14(11)9-10-4-1-2-6-13-10/h1-2,4,6,12H,3,5,7-9H2. The van der Waals surface area contributed by atoms with Crippen LogP contribution in [0, 0.1) is 0 Å². The fourth-order valence-corrected chi connectivity index (χ4v) is 1.68. The van der Waals surface area contributed by atoms with Gasteiger partial charge in [0.25, 0.3) is 0 Å². The second-order valence-electron chi connectivity index (χ2n) is 3.67. The molecule has 4 heteroatoms. The van der Waals surface area contributed by atoms with Crippen LogP contribution in [0.1, 0.15) is 12.1 Å². The lowest BCUT2D eigenvalue weighted by molar-refractivity contribution is -0.130. The summed E-state index contributed by atoms with van der Waals surface area (Å²) in [5, 5.41) is 3.10. The van der Waals surface area contributed by atoms with Crippen LogP contribution < -0.4 is 5.32 Å². The van der Waals surface area contributed by atoms with Crippen molar-refractivity contribution in [3.05, 3.63) is 30.1 Å². The lowest BCUT2D eigenvalue weighted by Gasteiger charge is -2.19. The zero-order valence-corrected chi connectivity index (χ0v) is 8.65. The third-order valence-electron chi connectivity index (χ3n) is 2.49. The molecule has 1 aliphatic heterocycles. The lowest BCUT2D eigenvalue weighted by Crippen LogP contribution is -2.34. The molecule has 0 unspecified atom stereocenters. The van der Waals surface area contributed by atoms with E-state index in [-0.39, 0.29) is 5.91 Å². The molecule has 1 aromatic rings. The Balaban J connectivity index is 2.01. The predicted molar refractivity (Wildman–Crippen MR) is 57.1 cm³/mol. The predicted octanol–water partition coefficient (Wildman–Crippen LogP) is 0.403. The van der Waals surface area contributed by atoms with Gasteiger partial charge in [0.1, 0.15) is 0 Å². The van der Waals surface area contributed by atoms with Crippen molar-refractivity contribution in [2.24, 2.45) is 0 Å². The fourth-order valence-electron chi connectivity index (χ4n) is 1.68. The van der Waals surface area contributed by atoms with Crippen LogP contribution in [0.2, 0.25) is 0 Å². The van der Waals surface area contributed by atoms with Gasteiger partial charge in [0.2, 0.25) is 5.91 Å². The Labute approximate surface area is 89.3 Å². The molecule has 0 aliphatic carbocycles. The molecule has 0 radical (unpaired) electrons. The zero-order chi connectivity index (χ0) is 10.5. The van der Waals surface area contributed by atoms with E-state index in [1.54, 1.807) is 6.20 Å². The van der Waals surface area contributed by atoms with Crippen molar-refractivity contribution < 1.29 is 4.79 Å². The molecule has 0 bridgehead atoms. The van der Waals surface area contributed by atoms with E-state index < -0.39 is 0 Å². The molecule has 2 rings (SSSR count). The normalized spacial score (nSPS) is 17.6. The number of hydrogen-bond acceptors (Lipinski definition) is 3. The lowest BCUT2D eigenvalue weighted by atomic mass is 10.3. The molecule has 1 N–H and O–H groups in total. The molecule has 1 saturated heterocycles. The maximum atomic E-state index is 11.7. The number of hydrogen-bond donors (Lipinski definition) is 1. The van der Waals surface area contributed by atoms with E-state index in [9.17, 15) is 4.79 Å². The minimum absolute atomic E-state index is 0.165. The van der Waals surface area contributed by atoms with Crippen LogP contribution in [0.3, 0.4) is 0 Å². The first-order valence-corrected chi connectivity index (χ1v) is 5.24. The number of rotatable bonds is 2. The molecule has 2 heterocycles. The summed E-state index contributed by atoms with van der Waals surface area (Å²) in [6.45, 7) is 2.82. The number of nitrogens with one attached hydrogen (secondary N) is 1. The Hall–Kier alpha value is -1.42. The Morgan fingerprint density at radius 2 is 2.40 bits per heavy atom. The summed E-state index contributed by atoms with van der Waals surface area (Å²) in [6.07, 6.45) is 2.77. The minimum Gasteiger partial charge on any atom is -0.336 e. The molecule has 0 saturated carbocycles. The Morgan fingerprint density at radius 1 is 1.47 bits per heavy atom. The van der Waals surface area contributed by atoms with Crippen LogP contribution in [-0.2, 0) is 11.3 Å². The number of pyridine rings is 1. The van der Waals surface area contributed by atoms with Crippen LogP contribution in [0.15, 0.2) is 24.4 Å². The van der Waals surface area contributed by atoms with Gasteiger partial charge < -0.3 is 10.2 Å². The highest BCUT2D eigenvalue weighted by atomic mass is 16.2.